The molecule has 6 heteroatoms. The highest BCUT2D eigenvalue weighted by atomic mass is 79.9. The quantitative estimate of drug-likeness (QED) is 0.567. The van der Waals surface area contributed by atoms with Gasteiger partial charge < -0.3 is 4.74 Å². The first-order chi connectivity index (χ1) is 13.0. The second kappa shape index (κ2) is 8.57. The second-order valence-corrected chi connectivity index (χ2v) is 7.54. The van der Waals surface area contributed by atoms with E-state index in [-0.39, 0.29) is 29.7 Å². The number of ether oxygens (including phenoxy) is 1. The summed E-state index contributed by atoms with van der Waals surface area (Å²) in [5, 5.41) is 1.37. The van der Waals surface area contributed by atoms with Crippen LogP contribution >= 0.6 is 15.9 Å². The molecule has 5 nitrogen and oxygen atoms in total. The van der Waals surface area contributed by atoms with Crippen LogP contribution in [0.1, 0.15) is 30.9 Å². The molecule has 0 bridgehead atoms. The number of nitrogens with one attached hydrogen (secondary N) is 1. The Hall–Kier alpha value is -2.34. The zero-order valence-electron chi connectivity index (χ0n) is 15.4. The van der Waals surface area contributed by atoms with Gasteiger partial charge in [0.2, 0.25) is 5.91 Å². The molecule has 0 aliphatic heterocycles. The Balaban J connectivity index is 1.75. The van der Waals surface area contributed by atoms with Gasteiger partial charge in [-0.1, -0.05) is 78.3 Å². The topological polar surface area (TPSA) is 58.6 Å². The maximum absolute atomic E-state index is 12.6. The van der Waals surface area contributed by atoms with Crippen molar-refractivity contribution in [2.75, 3.05) is 18.5 Å². The van der Waals surface area contributed by atoms with Gasteiger partial charge in [0.1, 0.15) is 6.61 Å². The molecule has 0 saturated carbocycles. The summed E-state index contributed by atoms with van der Waals surface area (Å²) in [6.07, 6.45) is -0.542. The van der Waals surface area contributed by atoms with Crippen molar-refractivity contribution in [1.82, 2.24) is 10.4 Å². The van der Waals surface area contributed by atoms with Crippen LogP contribution in [0.4, 0.5) is 4.79 Å². The van der Waals surface area contributed by atoms with Crippen molar-refractivity contribution in [2.45, 2.75) is 19.8 Å². The molecular formula is C21H23BrN2O3. The Morgan fingerprint density at radius 3 is 2.15 bits per heavy atom. The fourth-order valence-corrected chi connectivity index (χ4v) is 3.51. The summed E-state index contributed by atoms with van der Waals surface area (Å²) in [5.41, 5.74) is 7.26. The predicted octanol–water partition coefficient (Wildman–Crippen LogP) is 4.32. The highest BCUT2D eigenvalue weighted by Crippen LogP contribution is 2.44. The lowest BCUT2D eigenvalue weighted by atomic mass is 9.98. The van der Waals surface area contributed by atoms with Crippen LogP contribution in [0.3, 0.4) is 0 Å². The molecule has 0 radical (unpaired) electrons. The van der Waals surface area contributed by atoms with Crippen LogP contribution in [-0.2, 0) is 9.53 Å². The number of hydrazine groups is 1. The molecule has 2 aromatic rings. The molecule has 2 amide bonds. The Kier molecular flexibility index (Phi) is 6.16. The van der Waals surface area contributed by atoms with Crippen LogP contribution in [0.25, 0.3) is 11.1 Å². The number of amides is 2. The predicted molar refractivity (Wildman–Crippen MR) is 109 cm³/mol. The van der Waals surface area contributed by atoms with Crippen LogP contribution in [0, 0.1) is 5.92 Å². The summed E-state index contributed by atoms with van der Waals surface area (Å²) in [4.78, 5) is 24.3. The van der Waals surface area contributed by atoms with Gasteiger partial charge in [-0.05, 0) is 28.2 Å². The minimum Gasteiger partial charge on any atom is -0.447 e. The number of fused-ring (bicyclic) bond motifs is 3. The van der Waals surface area contributed by atoms with Gasteiger partial charge >= 0.3 is 6.09 Å². The van der Waals surface area contributed by atoms with E-state index in [2.05, 4.69) is 45.6 Å². The molecule has 0 heterocycles. The van der Waals surface area contributed by atoms with E-state index in [1.54, 1.807) is 0 Å². The summed E-state index contributed by atoms with van der Waals surface area (Å²) < 4.78 is 5.61. The number of hydrogen-bond acceptors (Lipinski definition) is 3. The van der Waals surface area contributed by atoms with Gasteiger partial charge in [-0.15, -0.1) is 0 Å². The number of halogens is 1. The highest BCUT2D eigenvalue weighted by Gasteiger charge is 2.30. The van der Waals surface area contributed by atoms with Gasteiger partial charge in [0.05, 0.1) is 5.33 Å². The number of benzene rings is 2. The van der Waals surface area contributed by atoms with Crippen molar-refractivity contribution < 1.29 is 14.3 Å². The molecule has 1 aliphatic carbocycles. The van der Waals surface area contributed by atoms with Gasteiger partial charge in [-0.2, -0.15) is 0 Å². The minimum atomic E-state index is -0.542. The maximum Gasteiger partial charge on any atom is 0.428 e. The molecule has 27 heavy (non-hydrogen) atoms. The normalized spacial score (nSPS) is 12.4. The van der Waals surface area contributed by atoms with E-state index >= 15 is 0 Å². The molecule has 1 N–H and O–H groups in total. The third kappa shape index (κ3) is 4.33. The molecule has 0 unspecified atom stereocenters. The van der Waals surface area contributed by atoms with Gasteiger partial charge in [-0.3, -0.25) is 10.2 Å². The van der Waals surface area contributed by atoms with Crippen LogP contribution < -0.4 is 5.43 Å². The lowest BCUT2D eigenvalue weighted by Crippen LogP contribution is -2.48. The Morgan fingerprint density at radius 2 is 1.63 bits per heavy atom. The summed E-state index contributed by atoms with van der Waals surface area (Å²) in [5.74, 6) is -0.0978. The summed E-state index contributed by atoms with van der Waals surface area (Å²) in [6, 6.07) is 16.4. The monoisotopic (exact) mass is 430 g/mol. The van der Waals surface area contributed by atoms with E-state index < -0.39 is 6.09 Å². The number of carbonyl (C=O) groups excluding carboxylic acids is 2. The number of carbonyl (C=O) groups is 2. The van der Waals surface area contributed by atoms with Crippen molar-refractivity contribution in [3.05, 3.63) is 59.7 Å². The van der Waals surface area contributed by atoms with Gasteiger partial charge in [0, 0.05) is 12.5 Å². The first-order valence-electron chi connectivity index (χ1n) is 8.99. The van der Waals surface area contributed by atoms with Gasteiger partial charge in [-0.25, -0.2) is 9.80 Å². The standard InChI is InChI=1S/C21H23BrN2O3/c1-14(2)12-24(23-20(25)11-22)21(26)27-13-19-17-9-5-3-7-15(17)16-8-4-6-10-18(16)19/h3-10,14,19H,11-13H2,1-2H3,(H,23,25). The third-order valence-electron chi connectivity index (χ3n) is 4.49. The Labute approximate surface area is 167 Å². The van der Waals surface area contributed by atoms with E-state index in [0.29, 0.717) is 6.54 Å². The van der Waals surface area contributed by atoms with E-state index in [4.69, 9.17) is 4.74 Å². The number of alkyl halides is 1. The van der Waals surface area contributed by atoms with E-state index in [0.717, 1.165) is 11.1 Å². The first kappa shape index (κ1) is 19.4. The van der Waals surface area contributed by atoms with Crippen LogP contribution in [0.2, 0.25) is 0 Å². The Morgan fingerprint density at radius 1 is 1.07 bits per heavy atom. The smallest absolute Gasteiger partial charge is 0.428 e. The third-order valence-corrected chi connectivity index (χ3v) is 4.99. The summed E-state index contributed by atoms with van der Waals surface area (Å²) >= 11 is 3.10. The molecule has 1 aliphatic rings. The molecule has 142 valence electrons. The zero-order valence-corrected chi connectivity index (χ0v) is 17.0. The van der Waals surface area contributed by atoms with Crippen LogP contribution in [0.15, 0.2) is 48.5 Å². The zero-order chi connectivity index (χ0) is 19.4. The Bertz CT molecular complexity index is 792. The highest BCUT2D eigenvalue weighted by molar-refractivity contribution is 9.09. The molecule has 0 atom stereocenters. The largest absolute Gasteiger partial charge is 0.447 e. The average Bonchev–Trinajstić information content (AvgIpc) is 2.99. The fraction of sp³-hybridized carbons (Fsp3) is 0.333. The number of nitrogens with zero attached hydrogens (tertiary/aromatic N) is 1. The lowest BCUT2D eigenvalue weighted by molar-refractivity contribution is -0.122. The number of rotatable bonds is 5. The SMILES string of the molecule is CC(C)CN(NC(=O)CBr)C(=O)OCC1c2ccccc2-c2ccccc21. The fourth-order valence-electron chi connectivity index (χ4n) is 3.38. The van der Waals surface area contributed by atoms with Crippen LogP contribution in [-0.4, -0.2) is 35.5 Å². The lowest BCUT2D eigenvalue weighted by Gasteiger charge is -2.25. The first-order valence-corrected chi connectivity index (χ1v) is 10.1. The van der Waals surface area contributed by atoms with E-state index in [9.17, 15) is 9.59 Å². The van der Waals surface area contributed by atoms with Crippen molar-refractivity contribution in [1.29, 1.82) is 0 Å². The molecule has 0 fully saturated rings. The summed E-state index contributed by atoms with van der Waals surface area (Å²) in [7, 11) is 0. The van der Waals surface area contributed by atoms with Crippen molar-refractivity contribution in [3.63, 3.8) is 0 Å². The van der Waals surface area contributed by atoms with Crippen LogP contribution in [0.5, 0.6) is 0 Å². The molecule has 3 rings (SSSR count). The molecule has 0 aromatic heterocycles. The molecule has 2 aromatic carbocycles. The van der Waals surface area contributed by atoms with Crippen molar-refractivity contribution >= 4 is 27.9 Å². The maximum atomic E-state index is 12.6. The minimum absolute atomic E-state index is 0.00544. The second-order valence-electron chi connectivity index (χ2n) is 6.98. The average molecular weight is 431 g/mol. The summed E-state index contributed by atoms with van der Waals surface area (Å²) in [6.45, 7) is 4.56. The molecule has 0 spiro atoms. The van der Waals surface area contributed by atoms with Crippen molar-refractivity contribution in [2.24, 2.45) is 5.92 Å². The molecular weight excluding hydrogens is 408 g/mol. The number of hydrogen-bond donors (Lipinski definition) is 1. The van der Waals surface area contributed by atoms with Crippen molar-refractivity contribution in [3.8, 4) is 11.1 Å². The van der Waals surface area contributed by atoms with E-state index in [1.165, 1.54) is 16.1 Å². The van der Waals surface area contributed by atoms with E-state index in [1.807, 2.05) is 38.1 Å². The molecule has 0 saturated heterocycles. The van der Waals surface area contributed by atoms with Gasteiger partial charge in [0.15, 0.2) is 0 Å². The van der Waals surface area contributed by atoms with Gasteiger partial charge in [0.25, 0.3) is 0 Å².